The molecule has 2 N–H and O–H groups in total. The van der Waals surface area contributed by atoms with Gasteiger partial charge in [-0.15, -0.1) is 11.8 Å². The number of nitrogens with zero attached hydrogens (tertiary/aromatic N) is 2. The molecular formula is C21H26N4O3S2. The van der Waals surface area contributed by atoms with E-state index in [0.717, 1.165) is 48.0 Å². The van der Waals surface area contributed by atoms with Crippen LogP contribution in [0, 0.1) is 0 Å². The topological polar surface area (TPSA) is 85.2 Å². The van der Waals surface area contributed by atoms with Gasteiger partial charge in [-0.1, -0.05) is 30.3 Å². The van der Waals surface area contributed by atoms with Crippen molar-refractivity contribution in [2.45, 2.75) is 42.7 Å². The number of hydrogen-bond acceptors (Lipinski definition) is 6. The van der Waals surface area contributed by atoms with Crippen LogP contribution in [0.5, 0.6) is 0 Å². The highest BCUT2D eigenvalue weighted by Crippen LogP contribution is 2.34. The van der Waals surface area contributed by atoms with Crippen LogP contribution in [0.3, 0.4) is 0 Å². The minimum absolute atomic E-state index is 0.0726. The van der Waals surface area contributed by atoms with Gasteiger partial charge in [0.15, 0.2) is 0 Å². The van der Waals surface area contributed by atoms with Crippen LogP contribution >= 0.6 is 23.5 Å². The van der Waals surface area contributed by atoms with Crippen molar-refractivity contribution in [1.29, 1.82) is 0 Å². The first kappa shape index (κ1) is 21.3. The number of ether oxygens (including phenoxy) is 1. The molecule has 2 aliphatic heterocycles. The van der Waals surface area contributed by atoms with Gasteiger partial charge in [0, 0.05) is 36.0 Å². The minimum atomic E-state index is -0.117. The second kappa shape index (κ2) is 10.4. The number of carbonyl (C=O) groups excluding carboxylic acids is 2. The number of hydrogen-bond donors (Lipinski definition) is 2. The second-order valence-corrected chi connectivity index (χ2v) is 9.36. The molecule has 1 aromatic heterocycles. The van der Waals surface area contributed by atoms with Gasteiger partial charge in [-0.05, 0) is 18.4 Å². The molecule has 7 nitrogen and oxygen atoms in total. The molecule has 1 atom stereocenters. The van der Waals surface area contributed by atoms with Crippen LogP contribution in [-0.4, -0.2) is 46.6 Å². The van der Waals surface area contributed by atoms with E-state index in [4.69, 9.17) is 4.74 Å². The van der Waals surface area contributed by atoms with Gasteiger partial charge < -0.3 is 15.4 Å². The first-order valence-corrected chi connectivity index (χ1v) is 12.5. The largest absolute Gasteiger partial charge is 0.376 e. The van der Waals surface area contributed by atoms with E-state index in [0.29, 0.717) is 18.1 Å². The van der Waals surface area contributed by atoms with Crippen molar-refractivity contribution in [3.05, 3.63) is 47.2 Å². The molecular weight excluding hydrogens is 420 g/mol. The number of thioether (sulfide) groups is 2. The van der Waals surface area contributed by atoms with Crippen LogP contribution in [0.15, 0.2) is 30.3 Å². The van der Waals surface area contributed by atoms with Gasteiger partial charge in [-0.25, -0.2) is 4.68 Å². The number of fused-ring (bicyclic) bond motifs is 1. The smallest absolute Gasteiger partial charge is 0.241 e. The fourth-order valence-corrected chi connectivity index (χ4v) is 5.37. The fraction of sp³-hybridized carbons (Fsp3) is 0.476. The van der Waals surface area contributed by atoms with E-state index in [1.807, 2.05) is 18.2 Å². The third kappa shape index (κ3) is 5.59. The predicted octanol–water partition coefficient (Wildman–Crippen LogP) is 2.80. The van der Waals surface area contributed by atoms with Crippen LogP contribution in [0.1, 0.15) is 29.7 Å². The van der Waals surface area contributed by atoms with Crippen LogP contribution < -0.4 is 10.6 Å². The Morgan fingerprint density at radius 2 is 2.10 bits per heavy atom. The summed E-state index contributed by atoms with van der Waals surface area (Å²) >= 11 is 3.34. The highest BCUT2D eigenvalue weighted by Gasteiger charge is 2.25. The molecule has 160 valence electrons. The molecule has 0 saturated carbocycles. The summed E-state index contributed by atoms with van der Waals surface area (Å²) < 4.78 is 7.18. The summed E-state index contributed by atoms with van der Waals surface area (Å²) in [5.74, 6) is 3.23. The van der Waals surface area contributed by atoms with Gasteiger partial charge in [0.25, 0.3) is 0 Å². The molecule has 0 aliphatic carbocycles. The predicted molar refractivity (Wildman–Crippen MR) is 120 cm³/mol. The lowest BCUT2D eigenvalue weighted by atomic mass is 10.2. The summed E-state index contributed by atoms with van der Waals surface area (Å²) in [6, 6.07) is 10.1. The van der Waals surface area contributed by atoms with Gasteiger partial charge in [-0.3, -0.25) is 9.59 Å². The van der Waals surface area contributed by atoms with Crippen molar-refractivity contribution in [1.82, 2.24) is 15.1 Å². The quantitative estimate of drug-likeness (QED) is 0.616. The molecule has 1 aromatic carbocycles. The summed E-state index contributed by atoms with van der Waals surface area (Å²) in [5, 5.41) is 10.5. The van der Waals surface area contributed by atoms with Crippen LogP contribution in [0.25, 0.3) is 0 Å². The Morgan fingerprint density at radius 1 is 1.23 bits per heavy atom. The Labute approximate surface area is 184 Å². The maximum atomic E-state index is 12.5. The van der Waals surface area contributed by atoms with E-state index in [1.54, 1.807) is 28.2 Å². The molecule has 4 rings (SSSR count). The van der Waals surface area contributed by atoms with Gasteiger partial charge in [-0.2, -0.15) is 16.9 Å². The number of nitrogens with one attached hydrogen (secondary N) is 2. The van der Waals surface area contributed by atoms with E-state index in [-0.39, 0.29) is 24.5 Å². The molecule has 1 saturated heterocycles. The number of anilines is 1. The van der Waals surface area contributed by atoms with Gasteiger partial charge in [0.2, 0.25) is 11.8 Å². The summed E-state index contributed by atoms with van der Waals surface area (Å²) in [4.78, 5) is 25.0. The second-order valence-electron chi connectivity index (χ2n) is 7.39. The summed E-state index contributed by atoms with van der Waals surface area (Å²) in [6.07, 6.45) is 2.13. The zero-order valence-electron chi connectivity index (χ0n) is 16.8. The molecule has 0 bridgehead atoms. The number of carbonyl (C=O) groups is 2. The average molecular weight is 447 g/mol. The fourth-order valence-electron chi connectivity index (χ4n) is 3.55. The zero-order valence-corrected chi connectivity index (χ0v) is 18.4. The Balaban J connectivity index is 1.32. The first-order chi connectivity index (χ1) is 14.7. The van der Waals surface area contributed by atoms with Crippen molar-refractivity contribution in [3.63, 3.8) is 0 Å². The molecule has 2 amide bonds. The third-order valence-electron chi connectivity index (χ3n) is 5.07. The third-order valence-corrected chi connectivity index (χ3v) is 7.04. The Kier molecular flexibility index (Phi) is 7.35. The molecule has 9 heteroatoms. The van der Waals surface area contributed by atoms with Gasteiger partial charge >= 0.3 is 0 Å². The maximum Gasteiger partial charge on any atom is 0.241 e. The van der Waals surface area contributed by atoms with E-state index < -0.39 is 0 Å². The van der Waals surface area contributed by atoms with Crippen molar-refractivity contribution in [2.24, 2.45) is 0 Å². The van der Waals surface area contributed by atoms with Crippen LogP contribution in [0.4, 0.5) is 5.82 Å². The summed E-state index contributed by atoms with van der Waals surface area (Å²) in [5.41, 5.74) is 3.19. The van der Waals surface area contributed by atoms with Crippen molar-refractivity contribution in [2.75, 3.05) is 24.2 Å². The van der Waals surface area contributed by atoms with Crippen molar-refractivity contribution >= 4 is 41.2 Å². The van der Waals surface area contributed by atoms with Crippen LogP contribution in [0.2, 0.25) is 0 Å². The van der Waals surface area contributed by atoms with E-state index in [1.165, 1.54) is 5.56 Å². The zero-order chi connectivity index (χ0) is 20.8. The van der Waals surface area contributed by atoms with E-state index in [9.17, 15) is 9.59 Å². The molecule has 1 unspecified atom stereocenters. The summed E-state index contributed by atoms with van der Waals surface area (Å²) in [7, 11) is 0. The monoisotopic (exact) mass is 446 g/mol. The SMILES string of the molecule is O=C(Cn1nc2c(c1NC(=O)CSCc1ccccc1)CSC2)NCC1CCCO1. The van der Waals surface area contributed by atoms with E-state index in [2.05, 4.69) is 27.9 Å². The average Bonchev–Trinajstić information content (AvgIpc) is 3.47. The van der Waals surface area contributed by atoms with Gasteiger partial charge in [0.1, 0.15) is 12.4 Å². The Bertz CT molecular complexity index is 882. The lowest BCUT2D eigenvalue weighted by molar-refractivity contribution is -0.122. The highest BCUT2D eigenvalue weighted by atomic mass is 32.2. The molecule has 0 radical (unpaired) electrons. The van der Waals surface area contributed by atoms with Gasteiger partial charge in [0.05, 0.1) is 17.6 Å². The molecule has 3 heterocycles. The molecule has 2 aromatic rings. The molecule has 1 fully saturated rings. The number of rotatable bonds is 9. The normalized spacial score (nSPS) is 17.7. The summed E-state index contributed by atoms with van der Waals surface area (Å²) in [6.45, 7) is 1.38. The van der Waals surface area contributed by atoms with E-state index >= 15 is 0 Å². The Morgan fingerprint density at radius 3 is 2.90 bits per heavy atom. The van der Waals surface area contributed by atoms with Crippen molar-refractivity contribution < 1.29 is 14.3 Å². The lowest BCUT2D eigenvalue weighted by Crippen LogP contribution is -2.34. The number of benzene rings is 1. The Hall–Kier alpha value is -1.97. The first-order valence-electron chi connectivity index (χ1n) is 10.1. The maximum absolute atomic E-state index is 12.5. The molecule has 0 spiro atoms. The molecule has 2 aliphatic rings. The highest BCUT2D eigenvalue weighted by molar-refractivity contribution is 7.99. The standard InChI is InChI=1S/C21H26N4O3S2/c26-19(22-9-16-7-4-8-28-16)10-25-21(17-12-30-13-18(17)24-25)23-20(27)14-29-11-15-5-2-1-3-6-15/h1-3,5-6,16H,4,7-14H2,(H,22,26)(H,23,27). The van der Waals surface area contributed by atoms with Crippen LogP contribution in [-0.2, 0) is 38.1 Å². The number of amides is 2. The minimum Gasteiger partial charge on any atom is -0.376 e. The number of aromatic nitrogens is 2. The van der Waals surface area contributed by atoms with Crippen molar-refractivity contribution in [3.8, 4) is 0 Å². The molecule has 30 heavy (non-hydrogen) atoms. The lowest BCUT2D eigenvalue weighted by Gasteiger charge is -2.13.